The number of hydrogen-bond donors (Lipinski definition) is 2. The van der Waals surface area contributed by atoms with Crippen LogP contribution < -0.4 is 5.32 Å². The average molecular weight is 288 g/mol. The molecule has 1 amide bonds. The van der Waals surface area contributed by atoms with Gasteiger partial charge >= 0.3 is 5.97 Å². The molecule has 1 aliphatic heterocycles. The molecule has 1 aromatic rings. The highest BCUT2D eigenvalue weighted by molar-refractivity contribution is 5.95. The highest BCUT2D eigenvalue weighted by atomic mass is 16.4. The van der Waals surface area contributed by atoms with Gasteiger partial charge in [-0.1, -0.05) is 12.1 Å². The molecule has 5 nitrogen and oxygen atoms in total. The van der Waals surface area contributed by atoms with E-state index in [0.717, 1.165) is 32.0 Å². The Morgan fingerprint density at radius 3 is 2.71 bits per heavy atom. The van der Waals surface area contributed by atoms with Gasteiger partial charge in [-0.2, -0.15) is 0 Å². The highest BCUT2D eigenvalue weighted by Gasteiger charge is 2.18. The molecule has 1 saturated heterocycles. The van der Waals surface area contributed by atoms with Crippen LogP contribution in [0.4, 0.5) is 0 Å². The van der Waals surface area contributed by atoms with Gasteiger partial charge in [0.1, 0.15) is 0 Å². The lowest BCUT2D eigenvalue weighted by Gasteiger charge is -2.29. The minimum absolute atomic E-state index is 0.102. The Morgan fingerprint density at radius 1 is 1.33 bits per heavy atom. The normalized spacial score (nSPS) is 17.0. The quantitative estimate of drug-likeness (QED) is 0.826. The van der Waals surface area contributed by atoms with Crippen molar-refractivity contribution >= 4 is 18.0 Å². The molecule has 1 aliphatic rings. The Morgan fingerprint density at radius 2 is 2.05 bits per heavy atom. The van der Waals surface area contributed by atoms with E-state index < -0.39 is 5.97 Å². The number of hydrogen-bond acceptors (Lipinski definition) is 3. The van der Waals surface area contributed by atoms with Gasteiger partial charge in [0.2, 0.25) is 0 Å². The Bertz CT molecular complexity index is 546. The number of aliphatic carboxylic acids is 1. The summed E-state index contributed by atoms with van der Waals surface area (Å²) in [6.45, 7) is 1.98. The third kappa shape index (κ3) is 4.72. The lowest BCUT2D eigenvalue weighted by atomic mass is 10.0. The SMILES string of the molecule is CN1CCC(NC(=O)c2cccc(C=CC(=O)O)c2)CC1. The largest absolute Gasteiger partial charge is 0.478 e. The molecule has 0 saturated carbocycles. The van der Waals surface area contributed by atoms with Crippen LogP contribution in [-0.4, -0.2) is 48.1 Å². The van der Waals surface area contributed by atoms with Gasteiger partial charge in [-0.25, -0.2) is 4.79 Å². The van der Waals surface area contributed by atoms with Crippen LogP contribution in [0.25, 0.3) is 6.08 Å². The van der Waals surface area contributed by atoms with E-state index in [4.69, 9.17) is 5.11 Å². The van der Waals surface area contributed by atoms with Crippen molar-refractivity contribution in [2.45, 2.75) is 18.9 Å². The summed E-state index contributed by atoms with van der Waals surface area (Å²) >= 11 is 0. The van der Waals surface area contributed by atoms with E-state index >= 15 is 0 Å². The van der Waals surface area contributed by atoms with Crippen LogP contribution in [0.15, 0.2) is 30.3 Å². The summed E-state index contributed by atoms with van der Waals surface area (Å²) in [4.78, 5) is 25.0. The molecule has 0 aliphatic carbocycles. The second kappa shape index (κ2) is 7.04. The molecule has 5 heteroatoms. The van der Waals surface area contributed by atoms with Gasteiger partial charge in [-0.3, -0.25) is 4.79 Å². The summed E-state index contributed by atoms with van der Waals surface area (Å²) in [5, 5.41) is 11.7. The third-order valence-corrected chi connectivity index (χ3v) is 3.62. The zero-order chi connectivity index (χ0) is 15.2. The molecule has 112 valence electrons. The van der Waals surface area contributed by atoms with Gasteiger partial charge in [0.15, 0.2) is 0 Å². The van der Waals surface area contributed by atoms with E-state index in [2.05, 4.69) is 17.3 Å². The lowest BCUT2D eigenvalue weighted by Crippen LogP contribution is -2.43. The van der Waals surface area contributed by atoms with Crippen LogP contribution in [0.3, 0.4) is 0 Å². The second-order valence-corrected chi connectivity index (χ2v) is 5.35. The first-order chi connectivity index (χ1) is 10.0. The lowest BCUT2D eigenvalue weighted by molar-refractivity contribution is -0.131. The fourth-order valence-electron chi connectivity index (χ4n) is 2.37. The van der Waals surface area contributed by atoms with Crippen molar-refractivity contribution in [2.24, 2.45) is 0 Å². The Hall–Kier alpha value is -2.14. The van der Waals surface area contributed by atoms with Crippen LogP contribution in [-0.2, 0) is 4.79 Å². The zero-order valence-corrected chi connectivity index (χ0v) is 12.1. The molecule has 21 heavy (non-hydrogen) atoms. The summed E-state index contributed by atoms with van der Waals surface area (Å²) in [5.74, 6) is -1.11. The van der Waals surface area contributed by atoms with E-state index in [1.54, 1.807) is 24.3 Å². The molecule has 1 aromatic carbocycles. The standard InChI is InChI=1S/C16H20N2O3/c1-18-9-7-14(8-10-18)17-16(21)13-4-2-3-12(11-13)5-6-15(19)20/h2-6,11,14H,7-10H2,1H3,(H,17,21)(H,19,20). The minimum Gasteiger partial charge on any atom is -0.478 e. The number of carbonyl (C=O) groups is 2. The number of carbonyl (C=O) groups excluding carboxylic acids is 1. The van der Waals surface area contributed by atoms with Gasteiger partial charge < -0.3 is 15.3 Å². The predicted octanol–water partition coefficient (Wildman–Crippen LogP) is 1.61. The van der Waals surface area contributed by atoms with Crippen molar-refractivity contribution in [3.63, 3.8) is 0 Å². The van der Waals surface area contributed by atoms with Gasteiger partial charge in [0.25, 0.3) is 5.91 Å². The maximum atomic E-state index is 12.2. The molecule has 0 unspecified atom stereocenters. The summed E-state index contributed by atoms with van der Waals surface area (Å²) in [6, 6.07) is 7.18. The molecular formula is C16H20N2O3. The number of likely N-dealkylation sites (tertiary alicyclic amines) is 1. The van der Waals surface area contributed by atoms with E-state index in [0.29, 0.717) is 11.1 Å². The number of piperidine rings is 1. The first-order valence-corrected chi connectivity index (χ1v) is 7.05. The van der Waals surface area contributed by atoms with Crippen LogP contribution >= 0.6 is 0 Å². The maximum absolute atomic E-state index is 12.2. The number of rotatable bonds is 4. The van der Waals surface area contributed by atoms with Crippen LogP contribution in [0.2, 0.25) is 0 Å². The molecule has 2 N–H and O–H groups in total. The van der Waals surface area contributed by atoms with Crippen molar-refractivity contribution < 1.29 is 14.7 Å². The molecule has 0 spiro atoms. The topological polar surface area (TPSA) is 69.6 Å². The highest BCUT2D eigenvalue weighted by Crippen LogP contribution is 2.11. The number of carboxylic acid groups (broad SMARTS) is 1. The number of carboxylic acids is 1. The summed E-state index contributed by atoms with van der Waals surface area (Å²) in [7, 11) is 2.08. The van der Waals surface area contributed by atoms with E-state index in [1.165, 1.54) is 6.08 Å². The number of benzene rings is 1. The van der Waals surface area contributed by atoms with Crippen molar-refractivity contribution in [2.75, 3.05) is 20.1 Å². The van der Waals surface area contributed by atoms with Crippen molar-refractivity contribution in [1.82, 2.24) is 10.2 Å². The van der Waals surface area contributed by atoms with Gasteiger partial charge in [-0.05, 0) is 56.8 Å². The molecule has 2 rings (SSSR count). The zero-order valence-electron chi connectivity index (χ0n) is 12.1. The Kier molecular flexibility index (Phi) is 5.11. The number of nitrogens with zero attached hydrogens (tertiary/aromatic N) is 1. The first kappa shape index (κ1) is 15.3. The van der Waals surface area contributed by atoms with E-state index in [-0.39, 0.29) is 11.9 Å². The second-order valence-electron chi connectivity index (χ2n) is 5.35. The average Bonchev–Trinajstić information content (AvgIpc) is 2.48. The van der Waals surface area contributed by atoms with Crippen LogP contribution in [0.1, 0.15) is 28.8 Å². The summed E-state index contributed by atoms with van der Waals surface area (Å²) < 4.78 is 0. The van der Waals surface area contributed by atoms with E-state index in [9.17, 15) is 9.59 Å². The monoisotopic (exact) mass is 288 g/mol. The number of nitrogens with one attached hydrogen (secondary N) is 1. The molecule has 1 fully saturated rings. The predicted molar refractivity (Wildman–Crippen MR) is 81.1 cm³/mol. The van der Waals surface area contributed by atoms with Crippen molar-refractivity contribution in [3.8, 4) is 0 Å². The maximum Gasteiger partial charge on any atom is 0.328 e. The fourth-order valence-corrected chi connectivity index (χ4v) is 2.37. The summed E-state index contributed by atoms with van der Waals surface area (Å²) in [6.07, 6.45) is 4.46. The number of amides is 1. The fraction of sp³-hybridized carbons (Fsp3) is 0.375. The van der Waals surface area contributed by atoms with Gasteiger partial charge in [0, 0.05) is 17.7 Å². The van der Waals surface area contributed by atoms with E-state index in [1.807, 2.05) is 0 Å². The van der Waals surface area contributed by atoms with Crippen LogP contribution in [0.5, 0.6) is 0 Å². The summed E-state index contributed by atoms with van der Waals surface area (Å²) in [5.41, 5.74) is 1.26. The molecule has 0 radical (unpaired) electrons. The first-order valence-electron chi connectivity index (χ1n) is 7.05. The minimum atomic E-state index is -1.00. The molecular weight excluding hydrogens is 268 g/mol. The third-order valence-electron chi connectivity index (χ3n) is 3.62. The smallest absolute Gasteiger partial charge is 0.328 e. The van der Waals surface area contributed by atoms with Gasteiger partial charge in [-0.15, -0.1) is 0 Å². The Labute approximate surface area is 124 Å². The molecule has 0 aromatic heterocycles. The molecule has 0 bridgehead atoms. The van der Waals surface area contributed by atoms with Crippen molar-refractivity contribution in [1.29, 1.82) is 0 Å². The molecule has 1 heterocycles. The van der Waals surface area contributed by atoms with Crippen molar-refractivity contribution in [3.05, 3.63) is 41.5 Å². The Balaban J connectivity index is 1.99. The molecule has 0 atom stereocenters. The van der Waals surface area contributed by atoms with Crippen LogP contribution in [0, 0.1) is 0 Å². The van der Waals surface area contributed by atoms with Gasteiger partial charge in [0.05, 0.1) is 0 Å².